The van der Waals surface area contributed by atoms with Crippen molar-refractivity contribution < 1.29 is 0 Å². The Morgan fingerprint density at radius 3 is 2.56 bits per heavy atom. The van der Waals surface area contributed by atoms with E-state index in [1.807, 2.05) is 0 Å². The summed E-state index contributed by atoms with van der Waals surface area (Å²) in [5.74, 6) is 0. The molecule has 1 unspecified atom stereocenters. The van der Waals surface area contributed by atoms with Crippen molar-refractivity contribution in [3.63, 3.8) is 0 Å². The van der Waals surface area contributed by atoms with Crippen LogP contribution in [0.1, 0.15) is 26.7 Å². The highest BCUT2D eigenvalue weighted by molar-refractivity contribution is 5.30. The van der Waals surface area contributed by atoms with Crippen molar-refractivity contribution >= 4 is 0 Å². The third-order valence-electron chi connectivity index (χ3n) is 4.02. The van der Waals surface area contributed by atoms with E-state index < -0.39 is 0 Å². The van der Waals surface area contributed by atoms with Crippen molar-refractivity contribution in [2.75, 3.05) is 33.2 Å². The first-order valence-corrected chi connectivity index (χ1v) is 6.50. The Morgan fingerprint density at radius 2 is 1.94 bits per heavy atom. The Bertz CT molecular complexity index is 296. The molecule has 1 saturated heterocycles. The third-order valence-corrected chi connectivity index (χ3v) is 4.02. The van der Waals surface area contributed by atoms with Crippen LogP contribution in [-0.4, -0.2) is 49.1 Å². The van der Waals surface area contributed by atoms with E-state index in [9.17, 15) is 0 Å². The summed E-state index contributed by atoms with van der Waals surface area (Å²) >= 11 is 0. The molecule has 1 fully saturated rings. The Labute approximate surface area is 99.6 Å². The van der Waals surface area contributed by atoms with Crippen LogP contribution in [0, 0.1) is 0 Å². The highest BCUT2D eigenvalue weighted by atomic mass is 15.3. The van der Waals surface area contributed by atoms with Crippen molar-refractivity contribution in [3.05, 3.63) is 23.3 Å². The van der Waals surface area contributed by atoms with E-state index in [1.165, 1.54) is 44.6 Å². The Morgan fingerprint density at radius 1 is 1.25 bits per heavy atom. The lowest BCUT2D eigenvalue weighted by molar-refractivity contribution is 0.128. The average molecular weight is 220 g/mol. The van der Waals surface area contributed by atoms with E-state index in [0.29, 0.717) is 6.04 Å². The lowest BCUT2D eigenvalue weighted by Crippen LogP contribution is -2.48. The minimum atomic E-state index is 0.660. The second-order valence-electron chi connectivity index (χ2n) is 5.11. The zero-order valence-corrected chi connectivity index (χ0v) is 10.9. The molecular formula is C14H24N2. The van der Waals surface area contributed by atoms with Gasteiger partial charge in [0.15, 0.2) is 0 Å². The van der Waals surface area contributed by atoms with Gasteiger partial charge in [0.05, 0.1) is 0 Å². The third kappa shape index (κ3) is 2.55. The summed E-state index contributed by atoms with van der Waals surface area (Å²) in [7, 11) is 2.22. The first kappa shape index (κ1) is 11.9. The van der Waals surface area contributed by atoms with E-state index in [2.05, 4.69) is 42.8 Å². The summed E-state index contributed by atoms with van der Waals surface area (Å²) in [6, 6.07) is 0.660. The molecule has 16 heavy (non-hydrogen) atoms. The second kappa shape index (κ2) is 5.15. The molecule has 1 aliphatic carbocycles. The molecule has 2 aliphatic rings. The molecule has 90 valence electrons. The van der Waals surface area contributed by atoms with E-state index in [4.69, 9.17) is 0 Å². The zero-order chi connectivity index (χ0) is 11.5. The standard InChI is InChI=1S/C14H24N2/c1-4-13-11-14(6-5-12(13)2)16-9-7-15(3)8-10-16/h5-6,14H,4,7-11H2,1-3H3. The van der Waals surface area contributed by atoms with Crippen molar-refractivity contribution in [3.8, 4) is 0 Å². The molecule has 0 radical (unpaired) electrons. The predicted molar refractivity (Wildman–Crippen MR) is 69.6 cm³/mol. The van der Waals surface area contributed by atoms with Crippen molar-refractivity contribution in [1.29, 1.82) is 0 Å². The number of piperazine rings is 1. The number of likely N-dealkylation sites (N-methyl/N-ethyl adjacent to an activating group) is 1. The molecule has 1 aliphatic heterocycles. The zero-order valence-electron chi connectivity index (χ0n) is 10.9. The summed E-state index contributed by atoms with van der Waals surface area (Å²) in [5, 5.41) is 0. The van der Waals surface area contributed by atoms with Crippen LogP contribution in [0.25, 0.3) is 0 Å². The molecule has 2 nitrogen and oxygen atoms in total. The molecule has 0 saturated carbocycles. The maximum Gasteiger partial charge on any atom is 0.0319 e. The predicted octanol–water partition coefficient (Wildman–Crippen LogP) is 2.29. The average Bonchev–Trinajstić information content (AvgIpc) is 2.31. The number of nitrogens with zero attached hydrogens (tertiary/aromatic N) is 2. The van der Waals surface area contributed by atoms with Gasteiger partial charge in [0.1, 0.15) is 0 Å². The van der Waals surface area contributed by atoms with Gasteiger partial charge in [-0.25, -0.2) is 0 Å². The van der Waals surface area contributed by atoms with Gasteiger partial charge in [-0.3, -0.25) is 4.90 Å². The van der Waals surface area contributed by atoms with Gasteiger partial charge in [-0.15, -0.1) is 0 Å². The van der Waals surface area contributed by atoms with Crippen molar-refractivity contribution in [1.82, 2.24) is 9.80 Å². The first-order valence-electron chi connectivity index (χ1n) is 6.50. The molecule has 0 N–H and O–H groups in total. The fourth-order valence-electron chi connectivity index (χ4n) is 2.68. The maximum absolute atomic E-state index is 2.64. The molecule has 0 aromatic carbocycles. The fourth-order valence-corrected chi connectivity index (χ4v) is 2.68. The van der Waals surface area contributed by atoms with E-state index in [1.54, 1.807) is 5.57 Å². The van der Waals surface area contributed by atoms with Gasteiger partial charge in [-0.05, 0) is 26.8 Å². The summed E-state index contributed by atoms with van der Waals surface area (Å²) < 4.78 is 0. The van der Waals surface area contributed by atoms with E-state index in [-0.39, 0.29) is 0 Å². The Balaban J connectivity index is 1.96. The van der Waals surface area contributed by atoms with Gasteiger partial charge >= 0.3 is 0 Å². The topological polar surface area (TPSA) is 6.48 Å². The van der Waals surface area contributed by atoms with Crippen LogP contribution in [0.3, 0.4) is 0 Å². The second-order valence-corrected chi connectivity index (χ2v) is 5.11. The SMILES string of the molecule is CCC1=C(C)C=CC(N2CCN(C)CC2)C1. The van der Waals surface area contributed by atoms with Gasteiger partial charge in [0.25, 0.3) is 0 Å². The summed E-state index contributed by atoms with van der Waals surface area (Å²) in [6.07, 6.45) is 7.19. The van der Waals surface area contributed by atoms with E-state index in [0.717, 1.165) is 0 Å². The monoisotopic (exact) mass is 220 g/mol. The fraction of sp³-hybridized carbons (Fsp3) is 0.714. The number of hydrogen-bond donors (Lipinski definition) is 0. The van der Waals surface area contributed by atoms with Crippen molar-refractivity contribution in [2.45, 2.75) is 32.7 Å². The molecule has 0 amide bonds. The number of allylic oxidation sites excluding steroid dienone is 2. The van der Waals surface area contributed by atoms with Gasteiger partial charge in [0.2, 0.25) is 0 Å². The van der Waals surface area contributed by atoms with Crippen LogP contribution in [-0.2, 0) is 0 Å². The summed E-state index contributed by atoms with van der Waals surface area (Å²) in [5.41, 5.74) is 3.14. The minimum Gasteiger partial charge on any atom is -0.304 e. The van der Waals surface area contributed by atoms with Gasteiger partial charge in [-0.2, -0.15) is 0 Å². The molecule has 0 aromatic rings. The lowest BCUT2D eigenvalue weighted by atomic mass is 9.92. The van der Waals surface area contributed by atoms with Crippen LogP contribution >= 0.6 is 0 Å². The smallest absolute Gasteiger partial charge is 0.0319 e. The van der Waals surface area contributed by atoms with Crippen LogP contribution in [0.4, 0.5) is 0 Å². The molecule has 1 atom stereocenters. The normalized spacial score (nSPS) is 28.8. The number of rotatable bonds is 2. The highest BCUT2D eigenvalue weighted by Gasteiger charge is 2.23. The largest absolute Gasteiger partial charge is 0.304 e. The Hall–Kier alpha value is -0.600. The van der Waals surface area contributed by atoms with Crippen LogP contribution < -0.4 is 0 Å². The molecule has 0 aromatic heterocycles. The maximum atomic E-state index is 2.64. The molecule has 2 heteroatoms. The lowest BCUT2D eigenvalue weighted by Gasteiger charge is -2.38. The molecule has 0 bridgehead atoms. The van der Waals surface area contributed by atoms with Gasteiger partial charge in [-0.1, -0.05) is 30.2 Å². The van der Waals surface area contributed by atoms with Crippen LogP contribution in [0.2, 0.25) is 0 Å². The molecular weight excluding hydrogens is 196 g/mol. The Kier molecular flexibility index (Phi) is 3.82. The first-order chi connectivity index (χ1) is 7.70. The summed E-state index contributed by atoms with van der Waals surface area (Å²) in [6.45, 7) is 9.40. The van der Waals surface area contributed by atoms with Crippen molar-refractivity contribution in [2.24, 2.45) is 0 Å². The highest BCUT2D eigenvalue weighted by Crippen LogP contribution is 2.25. The molecule has 1 heterocycles. The molecule has 2 rings (SSSR count). The number of hydrogen-bond acceptors (Lipinski definition) is 2. The van der Waals surface area contributed by atoms with Crippen LogP contribution in [0.15, 0.2) is 23.3 Å². The van der Waals surface area contributed by atoms with E-state index >= 15 is 0 Å². The minimum absolute atomic E-state index is 0.660. The molecule has 0 spiro atoms. The van der Waals surface area contributed by atoms with Crippen LogP contribution in [0.5, 0.6) is 0 Å². The van der Waals surface area contributed by atoms with Gasteiger partial charge in [0, 0.05) is 32.2 Å². The van der Waals surface area contributed by atoms with Gasteiger partial charge < -0.3 is 4.90 Å². The summed E-state index contributed by atoms with van der Waals surface area (Å²) in [4.78, 5) is 5.06. The quantitative estimate of drug-likeness (QED) is 0.704.